The van der Waals surface area contributed by atoms with Gasteiger partial charge in [-0.2, -0.15) is 0 Å². The second-order valence-electron chi connectivity index (χ2n) is 1.12. The van der Waals surface area contributed by atoms with Gasteiger partial charge in [0.05, 0.1) is 0 Å². The van der Waals surface area contributed by atoms with E-state index in [1.165, 1.54) is 0 Å². The van der Waals surface area contributed by atoms with Gasteiger partial charge in [-0.3, -0.25) is 10.1 Å². The number of cyclic esters (lactones) is 1. The SMILES string of the molecule is O=C1COC(=O)N1.[N]. The normalized spacial score (nSPS) is 16.5. The summed E-state index contributed by atoms with van der Waals surface area (Å²) in [4.78, 5) is 19.9. The molecule has 0 atom stereocenters. The van der Waals surface area contributed by atoms with Crippen molar-refractivity contribution in [2.24, 2.45) is 0 Å². The second kappa shape index (κ2) is 2.27. The van der Waals surface area contributed by atoms with Crippen LogP contribution in [0.1, 0.15) is 0 Å². The summed E-state index contributed by atoms with van der Waals surface area (Å²) < 4.78 is 4.17. The van der Waals surface area contributed by atoms with Gasteiger partial charge in [0, 0.05) is 6.15 Å². The summed E-state index contributed by atoms with van der Waals surface area (Å²) in [6.45, 7) is -0.126. The molecule has 0 bridgehead atoms. The molecule has 1 rings (SSSR count). The van der Waals surface area contributed by atoms with Crippen LogP contribution in [0.2, 0.25) is 0 Å². The van der Waals surface area contributed by atoms with Gasteiger partial charge in [-0.1, -0.05) is 0 Å². The predicted octanol–water partition coefficient (Wildman–Crippen LogP) is -1.23. The Morgan fingerprint density at radius 1 is 1.50 bits per heavy atom. The molecule has 1 heterocycles. The number of imide groups is 1. The highest BCUT2D eigenvalue weighted by atomic mass is 16.6. The van der Waals surface area contributed by atoms with Gasteiger partial charge in [-0.15, -0.1) is 0 Å². The Labute approximate surface area is 45.6 Å². The minimum absolute atomic E-state index is 0. The lowest BCUT2D eigenvalue weighted by molar-refractivity contribution is -0.119. The Bertz CT molecular complexity index is 108. The Balaban J connectivity index is 0.000000490. The van der Waals surface area contributed by atoms with E-state index in [0.717, 1.165) is 0 Å². The van der Waals surface area contributed by atoms with Crippen molar-refractivity contribution in [3.05, 3.63) is 0 Å². The average molecular weight is 115 g/mol. The minimum Gasteiger partial charge on any atom is -0.439 e. The first-order valence-electron chi connectivity index (χ1n) is 1.75. The summed E-state index contributed by atoms with van der Waals surface area (Å²) in [5, 5.41) is 1.92. The number of ether oxygens (including phenoxy) is 1. The van der Waals surface area contributed by atoms with Crippen molar-refractivity contribution in [1.82, 2.24) is 11.5 Å². The number of hydrogen-bond acceptors (Lipinski definition) is 3. The van der Waals surface area contributed by atoms with E-state index in [-0.39, 0.29) is 18.7 Å². The largest absolute Gasteiger partial charge is 0.439 e. The fourth-order valence-corrected chi connectivity index (χ4v) is 0.317. The lowest BCUT2D eigenvalue weighted by atomic mass is 10.7. The van der Waals surface area contributed by atoms with E-state index in [1.54, 1.807) is 0 Å². The van der Waals surface area contributed by atoms with Crippen LogP contribution in [0, 0.1) is 0 Å². The smallest absolute Gasteiger partial charge is 0.414 e. The van der Waals surface area contributed by atoms with Crippen LogP contribution in [0.15, 0.2) is 0 Å². The standard InChI is InChI=1S/C3H3NO3.N/c5-2-1-7-3(6)4-2;/h1H2,(H,4,5,6);. The lowest BCUT2D eigenvalue weighted by Crippen LogP contribution is -2.18. The van der Waals surface area contributed by atoms with Crippen molar-refractivity contribution in [3.8, 4) is 0 Å². The van der Waals surface area contributed by atoms with Gasteiger partial charge in [0.15, 0.2) is 6.61 Å². The van der Waals surface area contributed by atoms with Crippen molar-refractivity contribution in [2.75, 3.05) is 6.61 Å². The Kier molecular flexibility index (Phi) is 1.96. The number of hydrogen-bond donors (Lipinski definition) is 1. The molecule has 5 nitrogen and oxygen atoms in total. The summed E-state index contributed by atoms with van der Waals surface area (Å²) in [7, 11) is 0. The fourth-order valence-electron chi connectivity index (χ4n) is 0.317. The molecule has 2 amide bonds. The molecule has 1 aliphatic heterocycles. The lowest BCUT2D eigenvalue weighted by Gasteiger charge is -1.78. The highest BCUT2D eigenvalue weighted by molar-refractivity contribution is 5.97. The molecule has 1 aliphatic rings. The number of rotatable bonds is 0. The van der Waals surface area contributed by atoms with Crippen LogP contribution in [0.25, 0.3) is 0 Å². The molecule has 1 saturated heterocycles. The van der Waals surface area contributed by atoms with Crippen LogP contribution in [0.3, 0.4) is 0 Å². The van der Waals surface area contributed by atoms with E-state index in [2.05, 4.69) is 4.74 Å². The van der Waals surface area contributed by atoms with E-state index in [4.69, 9.17) is 0 Å². The number of alkyl carbamates (subject to hydrolysis) is 1. The van der Waals surface area contributed by atoms with Crippen molar-refractivity contribution in [2.45, 2.75) is 0 Å². The molecule has 0 saturated carbocycles. The van der Waals surface area contributed by atoms with Gasteiger partial charge in [0.25, 0.3) is 5.91 Å². The maximum Gasteiger partial charge on any atom is 0.414 e. The highest BCUT2D eigenvalue weighted by Crippen LogP contribution is 1.85. The maximum atomic E-state index is 10.00. The molecule has 0 spiro atoms. The molecule has 0 aliphatic carbocycles. The molecule has 8 heavy (non-hydrogen) atoms. The topological polar surface area (TPSA) is 85.9 Å². The average Bonchev–Trinajstić information content (AvgIpc) is 1.87. The van der Waals surface area contributed by atoms with Crippen LogP contribution in [0.4, 0.5) is 4.79 Å². The van der Waals surface area contributed by atoms with Gasteiger partial charge in [-0.05, 0) is 0 Å². The molecular weight excluding hydrogens is 112 g/mol. The summed E-state index contributed by atoms with van der Waals surface area (Å²) in [6.07, 6.45) is -0.648. The Morgan fingerprint density at radius 3 is 2.25 bits per heavy atom. The fraction of sp³-hybridized carbons (Fsp3) is 0.333. The second-order valence-corrected chi connectivity index (χ2v) is 1.12. The van der Waals surface area contributed by atoms with E-state index < -0.39 is 6.09 Å². The van der Waals surface area contributed by atoms with Crippen LogP contribution < -0.4 is 11.5 Å². The van der Waals surface area contributed by atoms with Crippen molar-refractivity contribution in [3.63, 3.8) is 0 Å². The third-order valence-corrected chi connectivity index (χ3v) is 0.576. The highest BCUT2D eigenvalue weighted by Gasteiger charge is 2.17. The molecule has 1 fully saturated rings. The number of carbonyl (C=O) groups excluding carboxylic acids is 2. The van der Waals surface area contributed by atoms with Gasteiger partial charge in [-0.25, -0.2) is 4.79 Å². The summed E-state index contributed by atoms with van der Waals surface area (Å²) >= 11 is 0. The maximum absolute atomic E-state index is 10.00. The van der Waals surface area contributed by atoms with Crippen LogP contribution >= 0.6 is 0 Å². The first-order valence-corrected chi connectivity index (χ1v) is 1.75. The van der Waals surface area contributed by atoms with E-state index >= 15 is 0 Å². The number of carbonyl (C=O) groups is 2. The zero-order valence-corrected chi connectivity index (χ0v) is 3.88. The molecule has 0 aromatic rings. The van der Waals surface area contributed by atoms with Crippen molar-refractivity contribution < 1.29 is 14.3 Å². The zero-order chi connectivity index (χ0) is 5.28. The van der Waals surface area contributed by atoms with E-state index in [1.807, 2.05) is 5.32 Å². The first-order chi connectivity index (χ1) is 3.29. The van der Waals surface area contributed by atoms with Gasteiger partial charge >= 0.3 is 6.09 Å². The monoisotopic (exact) mass is 115 g/mol. The Morgan fingerprint density at radius 2 is 2.12 bits per heavy atom. The predicted molar refractivity (Wildman–Crippen MR) is 21.6 cm³/mol. The zero-order valence-electron chi connectivity index (χ0n) is 3.88. The molecule has 1 N–H and O–H groups in total. The minimum atomic E-state index is -0.648. The number of amides is 2. The van der Waals surface area contributed by atoms with Crippen molar-refractivity contribution in [1.29, 1.82) is 0 Å². The third kappa shape index (κ3) is 1.19. The van der Waals surface area contributed by atoms with Crippen LogP contribution in [0.5, 0.6) is 0 Å². The van der Waals surface area contributed by atoms with Crippen LogP contribution in [-0.2, 0) is 9.53 Å². The van der Waals surface area contributed by atoms with E-state index in [0.29, 0.717) is 0 Å². The van der Waals surface area contributed by atoms with Crippen molar-refractivity contribution >= 4 is 12.0 Å². The quantitative estimate of drug-likeness (QED) is 0.429. The number of nitrogens with zero attached hydrogens (tertiary/aromatic N) is 1. The van der Waals surface area contributed by atoms with Gasteiger partial charge in [0.2, 0.25) is 0 Å². The number of nitrogens with one attached hydrogen (secondary N) is 1. The molecule has 0 aromatic heterocycles. The molecule has 3 radical (unpaired) electrons. The first kappa shape index (κ1) is 6.90. The molecular formula is C3H3N2O3. The van der Waals surface area contributed by atoms with Gasteiger partial charge in [0.1, 0.15) is 0 Å². The third-order valence-electron chi connectivity index (χ3n) is 0.576. The van der Waals surface area contributed by atoms with Gasteiger partial charge < -0.3 is 4.74 Å². The Hall–Kier alpha value is -1.10. The van der Waals surface area contributed by atoms with Crippen LogP contribution in [-0.4, -0.2) is 18.6 Å². The molecule has 43 valence electrons. The summed E-state index contributed by atoms with van der Waals surface area (Å²) in [5.74, 6) is -0.370. The molecule has 5 heteroatoms. The van der Waals surface area contributed by atoms with E-state index in [9.17, 15) is 9.59 Å². The molecule has 0 unspecified atom stereocenters. The summed E-state index contributed by atoms with van der Waals surface area (Å²) in [5.41, 5.74) is 0. The summed E-state index contributed by atoms with van der Waals surface area (Å²) in [6, 6.07) is 0. The molecule has 0 aromatic carbocycles.